The van der Waals surface area contributed by atoms with E-state index in [1.54, 1.807) is 29.9 Å². The van der Waals surface area contributed by atoms with Gasteiger partial charge in [-0.3, -0.25) is 14.0 Å². The van der Waals surface area contributed by atoms with E-state index in [1.807, 2.05) is 0 Å². The molecule has 3 rings (SSSR count). The number of ether oxygens (including phenoxy) is 1. The van der Waals surface area contributed by atoms with Crippen LogP contribution in [-0.2, 0) is 4.79 Å². The Hall–Kier alpha value is -2.69. The summed E-state index contributed by atoms with van der Waals surface area (Å²) in [6, 6.07) is 5.74. The van der Waals surface area contributed by atoms with Crippen LogP contribution in [-0.4, -0.2) is 35.4 Å². The van der Waals surface area contributed by atoms with E-state index in [4.69, 9.17) is 4.74 Å². The molecule has 9 heteroatoms. The van der Waals surface area contributed by atoms with Crippen LogP contribution in [0.1, 0.15) is 17.3 Å². The molecule has 0 aliphatic rings. The number of halogens is 2. The van der Waals surface area contributed by atoms with Crippen LogP contribution in [0.4, 0.5) is 15.8 Å². The third-order valence-electron chi connectivity index (χ3n) is 3.94. The number of amides is 2. The molecular weight excluding hydrogens is 466 g/mol. The quantitative estimate of drug-likeness (QED) is 0.580. The molecule has 2 amide bonds. The van der Waals surface area contributed by atoms with Crippen LogP contribution in [0.5, 0.6) is 5.75 Å². The van der Waals surface area contributed by atoms with Crippen LogP contribution >= 0.6 is 22.6 Å². The Morgan fingerprint density at radius 1 is 1.33 bits per heavy atom. The summed E-state index contributed by atoms with van der Waals surface area (Å²) in [4.78, 5) is 30.1. The van der Waals surface area contributed by atoms with Crippen molar-refractivity contribution < 1.29 is 18.7 Å². The van der Waals surface area contributed by atoms with Gasteiger partial charge in [-0.15, -0.1) is 0 Å². The molecule has 2 heterocycles. The van der Waals surface area contributed by atoms with Gasteiger partial charge in [0.25, 0.3) is 5.91 Å². The van der Waals surface area contributed by atoms with Crippen molar-refractivity contribution in [2.45, 2.75) is 6.92 Å². The second-order valence-corrected chi connectivity index (χ2v) is 6.89. The fraction of sp³-hybridized carbons (Fsp3) is 0.167. The Labute approximate surface area is 168 Å². The number of anilines is 2. The number of nitrogens with one attached hydrogen (secondary N) is 1. The maximum atomic E-state index is 13.6. The van der Waals surface area contributed by atoms with E-state index in [0.717, 1.165) is 3.70 Å². The van der Waals surface area contributed by atoms with E-state index >= 15 is 0 Å². The molecule has 140 valence electrons. The zero-order valence-electron chi connectivity index (χ0n) is 14.8. The topological polar surface area (TPSA) is 75.9 Å². The van der Waals surface area contributed by atoms with Gasteiger partial charge in [0.1, 0.15) is 3.70 Å². The number of carbonyl (C=O) groups is 2. The first-order valence-electron chi connectivity index (χ1n) is 7.87. The van der Waals surface area contributed by atoms with Gasteiger partial charge in [-0.2, -0.15) is 0 Å². The smallest absolute Gasteiger partial charge is 0.259 e. The highest BCUT2D eigenvalue weighted by Crippen LogP contribution is 2.26. The van der Waals surface area contributed by atoms with E-state index in [9.17, 15) is 14.0 Å². The lowest BCUT2D eigenvalue weighted by molar-refractivity contribution is -0.114. The second-order valence-electron chi connectivity index (χ2n) is 5.78. The number of rotatable bonds is 4. The highest BCUT2D eigenvalue weighted by molar-refractivity contribution is 14.1. The van der Waals surface area contributed by atoms with Gasteiger partial charge in [0.2, 0.25) is 5.91 Å². The molecule has 0 radical (unpaired) electrons. The summed E-state index contributed by atoms with van der Waals surface area (Å²) < 4.78 is 21.1. The van der Waals surface area contributed by atoms with Crippen molar-refractivity contribution in [2.75, 3.05) is 24.4 Å². The van der Waals surface area contributed by atoms with Gasteiger partial charge in [0.05, 0.1) is 24.6 Å². The van der Waals surface area contributed by atoms with E-state index in [-0.39, 0.29) is 17.6 Å². The largest absolute Gasteiger partial charge is 0.494 e. The molecule has 27 heavy (non-hydrogen) atoms. The number of methoxy groups -OCH3 is 1. The van der Waals surface area contributed by atoms with E-state index < -0.39 is 5.82 Å². The number of benzene rings is 1. The first kappa shape index (κ1) is 19.1. The number of pyridine rings is 1. The summed E-state index contributed by atoms with van der Waals surface area (Å²) in [6.45, 7) is 1.38. The molecule has 0 bridgehead atoms. The highest BCUT2D eigenvalue weighted by atomic mass is 127. The zero-order valence-corrected chi connectivity index (χ0v) is 16.9. The van der Waals surface area contributed by atoms with Crippen LogP contribution in [0.3, 0.4) is 0 Å². The van der Waals surface area contributed by atoms with E-state index in [0.29, 0.717) is 22.6 Å². The Balaban J connectivity index is 2.04. The number of nitrogens with zero attached hydrogens (tertiary/aromatic N) is 3. The summed E-state index contributed by atoms with van der Waals surface area (Å²) in [5.74, 6) is -1.06. The number of hydrogen-bond acceptors (Lipinski definition) is 4. The van der Waals surface area contributed by atoms with Crippen molar-refractivity contribution in [1.82, 2.24) is 9.38 Å². The van der Waals surface area contributed by atoms with Crippen LogP contribution in [0, 0.1) is 9.52 Å². The highest BCUT2D eigenvalue weighted by Gasteiger charge is 2.19. The lowest BCUT2D eigenvalue weighted by Gasteiger charge is -2.19. The average molecular weight is 482 g/mol. The molecule has 0 aliphatic heterocycles. The minimum absolute atomic E-state index is 0.0469. The van der Waals surface area contributed by atoms with Crippen molar-refractivity contribution in [3.8, 4) is 5.75 Å². The third-order valence-corrected chi connectivity index (χ3v) is 4.74. The van der Waals surface area contributed by atoms with Crippen LogP contribution in [0.2, 0.25) is 0 Å². The first-order valence-corrected chi connectivity index (χ1v) is 8.95. The molecule has 0 saturated heterocycles. The summed E-state index contributed by atoms with van der Waals surface area (Å²) in [5, 5.41) is 2.69. The number of imidazole rings is 1. The molecule has 0 atom stereocenters. The SMILES string of the molecule is COc1cc(N(C)C(=O)c2cc(NC(C)=O)c3ncc(I)n3c2)ccc1F. The second kappa shape index (κ2) is 7.51. The minimum atomic E-state index is -0.510. The third kappa shape index (κ3) is 3.72. The molecule has 0 fully saturated rings. The Bertz CT molecular complexity index is 1050. The Kier molecular flexibility index (Phi) is 5.31. The first-order chi connectivity index (χ1) is 12.8. The molecular formula is C18H16FIN4O3. The van der Waals surface area contributed by atoms with Crippen LogP contribution in [0.15, 0.2) is 36.7 Å². The Morgan fingerprint density at radius 2 is 2.07 bits per heavy atom. The molecule has 0 spiro atoms. The van der Waals surface area contributed by atoms with Crippen molar-refractivity contribution in [2.24, 2.45) is 0 Å². The summed E-state index contributed by atoms with van der Waals surface area (Å²) in [5.41, 5.74) is 1.78. The molecule has 0 saturated carbocycles. The molecule has 0 unspecified atom stereocenters. The summed E-state index contributed by atoms with van der Waals surface area (Å²) >= 11 is 2.09. The van der Waals surface area contributed by atoms with Gasteiger partial charge in [-0.25, -0.2) is 9.37 Å². The summed E-state index contributed by atoms with van der Waals surface area (Å²) in [6.07, 6.45) is 3.29. The van der Waals surface area contributed by atoms with E-state index in [1.165, 1.54) is 37.1 Å². The van der Waals surface area contributed by atoms with Crippen molar-refractivity contribution >= 4 is 51.4 Å². The normalized spacial score (nSPS) is 10.7. The van der Waals surface area contributed by atoms with Gasteiger partial charge < -0.3 is 15.0 Å². The zero-order chi connectivity index (χ0) is 19.7. The lowest BCUT2D eigenvalue weighted by Crippen LogP contribution is -2.27. The molecule has 1 aromatic carbocycles. The number of carbonyl (C=O) groups excluding carboxylic acids is 2. The van der Waals surface area contributed by atoms with Crippen molar-refractivity contribution in [1.29, 1.82) is 0 Å². The minimum Gasteiger partial charge on any atom is -0.494 e. The maximum Gasteiger partial charge on any atom is 0.259 e. The molecule has 0 aliphatic carbocycles. The van der Waals surface area contributed by atoms with E-state index in [2.05, 4.69) is 32.9 Å². The van der Waals surface area contributed by atoms with Gasteiger partial charge in [-0.1, -0.05) is 0 Å². The molecule has 2 aromatic heterocycles. The molecule has 3 aromatic rings. The van der Waals surface area contributed by atoms with Crippen molar-refractivity contribution in [3.05, 3.63) is 51.7 Å². The van der Waals surface area contributed by atoms with Crippen molar-refractivity contribution in [3.63, 3.8) is 0 Å². The van der Waals surface area contributed by atoms with Gasteiger partial charge in [0.15, 0.2) is 17.2 Å². The standard InChI is InChI=1S/C18H16FIN4O3/c1-10(25)22-14-6-11(9-24-16(20)8-21-17(14)24)18(26)23(2)12-4-5-13(19)15(7-12)27-3/h4-9H,1-3H3,(H,22,25). The number of hydrogen-bond donors (Lipinski definition) is 1. The maximum absolute atomic E-state index is 13.6. The number of aromatic nitrogens is 2. The lowest BCUT2D eigenvalue weighted by atomic mass is 10.2. The van der Waals surface area contributed by atoms with Crippen LogP contribution in [0.25, 0.3) is 5.65 Å². The fourth-order valence-electron chi connectivity index (χ4n) is 2.63. The molecule has 1 N–H and O–H groups in total. The van der Waals surface area contributed by atoms with Gasteiger partial charge >= 0.3 is 0 Å². The van der Waals surface area contributed by atoms with Crippen LogP contribution < -0.4 is 15.0 Å². The predicted octanol–water partition coefficient (Wildman–Crippen LogP) is 3.32. The molecule has 7 nitrogen and oxygen atoms in total. The average Bonchev–Trinajstić information content (AvgIpc) is 3.02. The van der Waals surface area contributed by atoms with Gasteiger partial charge in [0, 0.05) is 31.9 Å². The fourth-order valence-corrected chi connectivity index (χ4v) is 3.13. The summed E-state index contributed by atoms with van der Waals surface area (Å²) in [7, 11) is 2.94. The Morgan fingerprint density at radius 3 is 2.74 bits per heavy atom. The monoisotopic (exact) mass is 482 g/mol. The number of fused-ring (bicyclic) bond motifs is 1. The predicted molar refractivity (Wildman–Crippen MR) is 108 cm³/mol. The van der Waals surface area contributed by atoms with Gasteiger partial charge in [-0.05, 0) is 40.8 Å².